The van der Waals surface area contributed by atoms with Gasteiger partial charge in [-0.2, -0.15) is 4.98 Å². The summed E-state index contributed by atoms with van der Waals surface area (Å²) in [5.41, 5.74) is 0.991. The fraction of sp³-hybridized carbons (Fsp3) is 0.609. The van der Waals surface area contributed by atoms with Gasteiger partial charge in [0.15, 0.2) is 0 Å². The smallest absolute Gasteiger partial charge is 0.407 e. The lowest BCUT2D eigenvalue weighted by atomic mass is 9.98. The average molecular weight is 456 g/mol. The highest BCUT2D eigenvalue weighted by Gasteiger charge is 2.29. The van der Waals surface area contributed by atoms with Crippen LogP contribution in [-0.4, -0.2) is 73.2 Å². The normalized spacial score (nSPS) is 19.5. The van der Waals surface area contributed by atoms with Crippen LogP contribution in [0, 0.1) is 0 Å². The van der Waals surface area contributed by atoms with Crippen molar-refractivity contribution in [3.63, 3.8) is 0 Å². The zero-order valence-electron chi connectivity index (χ0n) is 19.2. The Kier molecular flexibility index (Phi) is 7.41. The van der Waals surface area contributed by atoms with Crippen molar-refractivity contribution in [2.75, 3.05) is 24.5 Å². The van der Waals surface area contributed by atoms with Gasteiger partial charge in [0, 0.05) is 62.3 Å². The Morgan fingerprint density at radius 1 is 1.15 bits per heavy atom. The van der Waals surface area contributed by atoms with Gasteiger partial charge in [0.25, 0.3) is 0 Å². The number of hydrogen-bond acceptors (Lipinski definition) is 6. The number of carbonyl (C=O) groups excluding carboxylic acids is 1. The third-order valence-corrected chi connectivity index (χ3v) is 6.47. The first kappa shape index (κ1) is 23.0. The number of amides is 2. The van der Waals surface area contributed by atoms with Crippen LogP contribution in [0.3, 0.4) is 0 Å². The predicted octanol–water partition coefficient (Wildman–Crippen LogP) is 2.62. The molecule has 33 heavy (non-hydrogen) atoms. The summed E-state index contributed by atoms with van der Waals surface area (Å²) in [6.45, 7) is 3.93. The van der Waals surface area contributed by atoms with Crippen molar-refractivity contribution in [3.8, 4) is 5.95 Å². The Morgan fingerprint density at radius 3 is 2.67 bits per heavy atom. The zero-order valence-corrected chi connectivity index (χ0v) is 19.2. The van der Waals surface area contributed by atoms with Crippen LogP contribution in [0.5, 0.6) is 0 Å². The van der Waals surface area contributed by atoms with Gasteiger partial charge in [-0.1, -0.05) is 13.3 Å². The van der Waals surface area contributed by atoms with Crippen molar-refractivity contribution in [2.24, 2.45) is 0 Å². The molecule has 2 N–H and O–H groups in total. The molecular formula is C23H33N7O3. The number of nitrogens with zero attached hydrogens (tertiary/aromatic N) is 6. The standard InChI is InChI=1S/C23H33N7O3/c1-2-5-18-14-20(27-22(26-18)29-13-9-24-16-29)30-10-4-3-6-19(30)15-21(31)25-17-7-11-28(12-8-17)23(32)33/h9,13-14,16-17,19H,2-8,10-12,15H2,1H3,(H,25,31)(H,32,33). The van der Waals surface area contributed by atoms with Crippen LogP contribution in [0.15, 0.2) is 24.8 Å². The second-order valence-electron chi connectivity index (χ2n) is 8.90. The van der Waals surface area contributed by atoms with Gasteiger partial charge in [0.2, 0.25) is 11.9 Å². The van der Waals surface area contributed by atoms with Crippen molar-refractivity contribution in [2.45, 2.75) is 70.4 Å². The first-order chi connectivity index (χ1) is 16.0. The fourth-order valence-electron chi connectivity index (χ4n) is 4.72. The van der Waals surface area contributed by atoms with Gasteiger partial charge < -0.3 is 20.2 Å². The van der Waals surface area contributed by atoms with Crippen LogP contribution in [0.1, 0.15) is 57.6 Å². The molecule has 1 unspecified atom stereocenters. The highest BCUT2D eigenvalue weighted by molar-refractivity contribution is 5.77. The summed E-state index contributed by atoms with van der Waals surface area (Å²) in [6.07, 6.45) is 11.1. The Morgan fingerprint density at radius 2 is 1.97 bits per heavy atom. The van der Waals surface area contributed by atoms with Crippen molar-refractivity contribution >= 4 is 17.8 Å². The van der Waals surface area contributed by atoms with E-state index in [9.17, 15) is 9.59 Å². The van der Waals surface area contributed by atoms with Crippen LogP contribution in [0.25, 0.3) is 5.95 Å². The topological polar surface area (TPSA) is 116 Å². The number of piperidine rings is 2. The van der Waals surface area contributed by atoms with Gasteiger partial charge in [-0.25, -0.2) is 14.8 Å². The second-order valence-corrected chi connectivity index (χ2v) is 8.90. The summed E-state index contributed by atoms with van der Waals surface area (Å²) in [7, 11) is 0. The molecule has 0 aromatic carbocycles. The Hall–Kier alpha value is -3.17. The molecule has 0 saturated carbocycles. The molecule has 2 aromatic heterocycles. The van der Waals surface area contributed by atoms with E-state index in [4.69, 9.17) is 15.1 Å². The Balaban J connectivity index is 1.45. The molecule has 0 radical (unpaired) electrons. The molecule has 0 spiro atoms. The van der Waals surface area contributed by atoms with E-state index in [-0.39, 0.29) is 18.0 Å². The van der Waals surface area contributed by atoms with Gasteiger partial charge in [0.1, 0.15) is 12.1 Å². The molecule has 4 heterocycles. The molecule has 1 atom stereocenters. The summed E-state index contributed by atoms with van der Waals surface area (Å²) in [5.74, 6) is 1.50. The summed E-state index contributed by atoms with van der Waals surface area (Å²) in [4.78, 5) is 41.3. The Labute approximate surface area is 194 Å². The predicted molar refractivity (Wildman–Crippen MR) is 124 cm³/mol. The third kappa shape index (κ3) is 5.80. The minimum Gasteiger partial charge on any atom is -0.465 e. The van der Waals surface area contributed by atoms with Gasteiger partial charge in [-0.3, -0.25) is 9.36 Å². The van der Waals surface area contributed by atoms with Crippen LogP contribution in [0.4, 0.5) is 10.6 Å². The number of aromatic nitrogens is 4. The number of rotatable bonds is 7. The zero-order chi connectivity index (χ0) is 23.2. The molecule has 0 bridgehead atoms. The molecule has 2 amide bonds. The van der Waals surface area contributed by atoms with Crippen molar-refractivity contribution in [3.05, 3.63) is 30.5 Å². The maximum atomic E-state index is 12.9. The summed E-state index contributed by atoms with van der Waals surface area (Å²) >= 11 is 0. The summed E-state index contributed by atoms with van der Waals surface area (Å²) < 4.78 is 1.82. The molecular weight excluding hydrogens is 422 g/mol. The number of carbonyl (C=O) groups is 2. The van der Waals surface area contributed by atoms with Crippen LogP contribution < -0.4 is 10.2 Å². The van der Waals surface area contributed by atoms with Crippen LogP contribution in [0.2, 0.25) is 0 Å². The van der Waals surface area contributed by atoms with Crippen LogP contribution in [-0.2, 0) is 11.2 Å². The molecule has 2 aliphatic heterocycles. The SMILES string of the molecule is CCCc1cc(N2CCCCC2CC(=O)NC2CCN(C(=O)O)CC2)nc(-n2ccnc2)n1. The highest BCUT2D eigenvalue weighted by Crippen LogP contribution is 2.27. The van der Waals surface area contributed by atoms with E-state index in [2.05, 4.69) is 28.2 Å². The van der Waals surface area contributed by atoms with Crippen molar-refractivity contribution < 1.29 is 14.7 Å². The van der Waals surface area contributed by atoms with Gasteiger partial charge in [0.05, 0.1) is 0 Å². The van der Waals surface area contributed by atoms with Gasteiger partial charge in [-0.15, -0.1) is 0 Å². The van der Waals surface area contributed by atoms with E-state index in [1.54, 1.807) is 12.5 Å². The van der Waals surface area contributed by atoms with E-state index in [1.165, 1.54) is 4.90 Å². The number of aryl methyl sites for hydroxylation is 1. The number of imidazole rings is 1. The molecule has 2 aliphatic rings. The lowest BCUT2D eigenvalue weighted by molar-refractivity contribution is -0.122. The van der Waals surface area contributed by atoms with E-state index in [0.717, 1.165) is 50.2 Å². The number of hydrogen-bond donors (Lipinski definition) is 2. The number of carboxylic acid groups (broad SMARTS) is 1. The number of anilines is 1. The maximum Gasteiger partial charge on any atom is 0.407 e. The van der Waals surface area contributed by atoms with Gasteiger partial charge in [-0.05, 0) is 38.5 Å². The molecule has 10 nitrogen and oxygen atoms in total. The molecule has 178 valence electrons. The van der Waals surface area contributed by atoms with E-state index in [0.29, 0.717) is 38.3 Å². The second kappa shape index (κ2) is 10.6. The lowest BCUT2D eigenvalue weighted by Crippen LogP contribution is -2.48. The number of likely N-dealkylation sites (tertiary alicyclic amines) is 1. The van der Waals surface area contributed by atoms with E-state index in [1.807, 2.05) is 10.8 Å². The average Bonchev–Trinajstić information content (AvgIpc) is 3.35. The van der Waals surface area contributed by atoms with E-state index < -0.39 is 6.09 Å². The molecule has 2 saturated heterocycles. The van der Waals surface area contributed by atoms with Crippen molar-refractivity contribution in [1.29, 1.82) is 0 Å². The summed E-state index contributed by atoms with van der Waals surface area (Å²) in [5, 5.41) is 12.2. The highest BCUT2D eigenvalue weighted by atomic mass is 16.4. The monoisotopic (exact) mass is 455 g/mol. The molecule has 0 aliphatic carbocycles. The Bertz CT molecular complexity index is 942. The minimum atomic E-state index is -0.889. The lowest BCUT2D eigenvalue weighted by Gasteiger charge is -2.37. The van der Waals surface area contributed by atoms with Crippen molar-refractivity contribution in [1.82, 2.24) is 29.7 Å². The molecule has 10 heteroatoms. The number of nitrogens with one attached hydrogen (secondary N) is 1. The quantitative estimate of drug-likeness (QED) is 0.659. The maximum absolute atomic E-state index is 12.9. The molecule has 2 fully saturated rings. The molecule has 2 aromatic rings. The first-order valence-corrected chi connectivity index (χ1v) is 11.9. The minimum absolute atomic E-state index is 0.0262. The largest absolute Gasteiger partial charge is 0.465 e. The first-order valence-electron chi connectivity index (χ1n) is 11.9. The third-order valence-electron chi connectivity index (χ3n) is 6.47. The van der Waals surface area contributed by atoms with E-state index >= 15 is 0 Å². The van der Waals surface area contributed by atoms with Crippen LogP contribution >= 0.6 is 0 Å². The fourth-order valence-corrected chi connectivity index (χ4v) is 4.72. The van der Waals surface area contributed by atoms with Gasteiger partial charge >= 0.3 is 6.09 Å². The molecule has 4 rings (SSSR count). The summed E-state index contributed by atoms with van der Waals surface area (Å²) in [6, 6.07) is 2.17.